The Morgan fingerprint density at radius 3 is 2.81 bits per heavy atom. The summed E-state index contributed by atoms with van der Waals surface area (Å²) in [4.78, 5) is 21.4. The Labute approximate surface area is 211 Å². The molecule has 5 aromatic heterocycles. The van der Waals surface area contributed by atoms with Crippen molar-refractivity contribution in [2.45, 2.75) is 13.3 Å². The van der Waals surface area contributed by atoms with Gasteiger partial charge in [-0.25, -0.2) is 14.4 Å². The molecule has 0 aliphatic carbocycles. The zero-order valence-electron chi connectivity index (χ0n) is 20.2. The molecular weight excluding hydrogens is 471 g/mol. The molecule has 5 heterocycles. The number of ether oxygens (including phenoxy) is 1. The third kappa shape index (κ3) is 4.22. The zero-order valence-corrected chi connectivity index (χ0v) is 20.2. The van der Waals surface area contributed by atoms with Crippen LogP contribution in [-0.2, 0) is 0 Å². The highest BCUT2D eigenvalue weighted by Crippen LogP contribution is 2.33. The summed E-state index contributed by atoms with van der Waals surface area (Å²) in [6.45, 7) is 2.99. The van der Waals surface area contributed by atoms with E-state index in [1.165, 1.54) is 19.2 Å². The van der Waals surface area contributed by atoms with E-state index in [0.717, 1.165) is 46.4 Å². The van der Waals surface area contributed by atoms with Crippen LogP contribution in [0, 0.1) is 5.82 Å². The van der Waals surface area contributed by atoms with Crippen LogP contribution >= 0.6 is 0 Å². The Kier molecular flexibility index (Phi) is 5.68. The molecule has 0 aliphatic heterocycles. The third-order valence-corrected chi connectivity index (χ3v) is 6.09. The molecule has 1 aromatic carbocycles. The van der Waals surface area contributed by atoms with Crippen LogP contribution in [0.4, 0.5) is 10.1 Å². The van der Waals surface area contributed by atoms with Crippen molar-refractivity contribution in [1.29, 1.82) is 0 Å². The van der Waals surface area contributed by atoms with Crippen molar-refractivity contribution in [2.24, 2.45) is 0 Å². The van der Waals surface area contributed by atoms with Gasteiger partial charge in [0.2, 0.25) is 0 Å². The maximum Gasteiger partial charge on any atom is 0.178 e. The number of anilines is 1. The first-order chi connectivity index (χ1) is 18.1. The number of H-pyrrole nitrogens is 2. The molecule has 0 saturated heterocycles. The summed E-state index contributed by atoms with van der Waals surface area (Å²) in [6, 6.07) is 10.4. The van der Waals surface area contributed by atoms with Crippen molar-refractivity contribution < 1.29 is 9.13 Å². The average molecular weight is 495 g/mol. The van der Waals surface area contributed by atoms with Crippen molar-refractivity contribution in [3.8, 4) is 39.7 Å². The van der Waals surface area contributed by atoms with Crippen molar-refractivity contribution in [3.63, 3.8) is 0 Å². The number of aromatic amines is 2. The normalized spacial score (nSPS) is 11.3. The number of aromatic nitrogens is 7. The molecule has 184 valence electrons. The lowest BCUT2D eigenvalue weighted by Crippen LogP contribution is -2.00. The summed E-state index contributed by atoms with van der Waals surface area (Å²) in [5.74, 6) is 0.584. The van der Waals surface area contributed by atoms with Crippen LogP contribution in [0.3, 0.4) is 0 Å². The van der Waals surface area contributed by atoms with E-state index in [4.69, 9.17) is 4.74 Å². The van der Waals surface area contributed by atoms with Crippen LogP contribution in [0.25, 0.3) is 56.0 Å². The Balaban J connectivity index is 1.43. The van der Waals surface area contributed by atoms with E-state index in [9.17, 15) is 4.39 Å². The molecular formula is C27H23FN8O. The number of imidazole rings is 1. The monoisotopic (exact) mass is 494 g/mol. The third-order valence-electron chi connectivity index (χ3n) is 6.09. The number of methoxy groups -OCH3 is 1. The largest absolute Gasteiger partial charge is 0.497 e. The summed E-state index contributed by atoms with van der Waals surface area (Å²) in [6.07, 6.45) is 8.01. The van der Waals surface area contributed by atoms with Gasteiger partial charge in [0, 0.05) is 47.7 Å². The lowest BCUT2D eigenvalue weighted by molar-refractivity contribution is 0.411. The van der Waals surface area contributed by atoms with E-state index < -0.39 is 0 Å². The van der Waals surface area contributed by atoms with Crippen LogP contribution in [-0.4, -0.2) is 48.8 Å². The summed E-state index contributed by atoms with van der Waals surface area (Å²) >= 11 is 0. The van der Waals surface area contributed by atoms with E-state index in [1.54, 1.807) is 30.9 Å². The number of nitrogens with zero attached hydrogens (tertiary/aromatic N) is 5. The minimum absolute atomic E-state index is 0.388. The standard InChI is InChI=1S/C27H23FN8O/c1-3-5-30-18-8-16(12-29-13-18)22-11-21-23(14-32-22)35-36-25(21)27-33-24-20(4-6-31-26(24)34-27)15-7-17(28)10-19(9-15)37-2/h4,6-14,30H,3,5H2,1-2H3,(H,35,36)(H,31,33,34). The van der Waals surface area contributed by atoms with Gasteiger partial charge in [0.05, 0.1) is 35.7 Å². The summed E-state index contributed by atoms with van der Waals surface area (Å²) in [5, 5.41) is 11.7. The van der Waals surface area contributed by atoms with Crippen molar-refractivity contribution >= 4 is 27.8 Å². The second kappa shape index (κ2) is 9.30. The number of benzene rings is 1. The molecule has 0 amide bonds. The zero-order chi connectivity index (χ0) is 25.4. The first-order valence-electron chi connectivity index (χ1n) is 11.9. The molecule has 3 N–H and O–H groups in total. The maximum atomic E-state index is 14.2. The molecule has 37 heavy (non-hydrogen) atoms. The number of hydrogen-bond acceptors (Lipinski definition) is 7. The molecule has 0 bridgehead atoms. The maximum absolute atomic E-state index is 14.2. The molecule has 9 nitrogen and oxygen atoms in total. The lowest BCUT2D eigenvalue weighted by Gasteiger charge is -2.06. The Morgan fingerprint density at radius 1 is 1.03 bits per heavy atom. The van der Waals surface area contributed by atoms with E-state index in [-0.39, 0.29) is 5.82 Å². The highest BCUT2D eigenvalue weighted by atomic mass is 19.1. The van der Waals surface area contributed by atoms with Crippen LogP contribution in [0.15, 0.2) is 61.2 Å². The molecule has 0 aliphatic rings. The van der Waals surface area contributed by atoms with E-state index >= 15 is 0 Å². The van der Waals surface area contributed by atoms with Gasteiger partial charge < -0.3 is 15.0 Å². The van der Waals surface area contributed by atoms with Gasteiger partial charge in [-0.2, -0.15) is 5.10 Å². The van der Waals surface area contributed by atoms with E-state index in [0.29, 0.717) is 34.0 Å². The predicted molar refractivity (Wildman–Crippen MR) is 141 cm³/mol. The Bertz CT molecular complexity index is 1740. The molecule has 6 rings (SSSR count). The molecule has 0 unspecified atom stereocenters. The summed E-state index contributed by atoms with van der Waals surface area (Å²) < 4.78 is 19.5. The molecule has 0 atom stereocenters. The smallest absolute Gasteiger partial charge is 0.178 e. The predicted octanol–water partition coefficient (Wildman–Crippen LogP) is 5.59. The number of hydrogen-bond donors (Lipinski definition) is 3. The number of pyridine rings is 3. The fourth-order valence-electron chi connectivity index (χ4n) is 4.30. The van der Waals surface area contributed by atoms with Crippen molar-refractivity contribution in [1.82, 2.24) is 35.1 Å². The number of halogens is 1. The quantitative estimate of drug-likeness (QED) is 0.265. The first kappa shape index (κ1) is 22.6. The van der Waals surface area contributed by atoms with E-state index in [1.807, 2.05) is 18.2 Å². The van der Waals surface area contributed by atoms with Gasteiger partial charge in [0.25, 0.3) is 0 Å². The number of rotatable bonds is 7. The number of nitrogens with one attached hydrogen (secondary N) is 3. The fraction of sp³-hybridized carbons (Fsp3) is 0.148. The van der Waals surface area contributed by atoms with Gasteiger partial charge in [0.15, 0.2) is 11.5 Å². The van der Waals surface area contributed by atoms with Gasteiger partial charge >= 0.3 is 0 Å². The van der Waals surface area contributed by atoms with E-state index in [2.05, 4.69) is 47.4 Å². The highest BCUT2D eigenvalue weighted by molar-refractivity contribution is 5.96. The second-order valence-electron chi connectivity index (χ2n) is 8.60. The summed E-state index contributed by atoms with van der Waals surface area (Å²) in [7, 11) is 1.51. The summed E-state index contributed by atoms with van der Waals surface area (Å²) in [5.41, 5.74) is 6.60. The highest BCUT2D eigenvalue weighted by Gasteiger charge is 2.17. The van der Waals surface area contributed by atoms with Crippen LogP contribution < -0.4 is 10.1 Å². The Morgan fingerprint density at radius 2 is 1.95 bits per heavy atom. The molecule has 0 radical (unpaired) electrons. The van der Waals surface area contributed by atoms with Crippen LogP contribution in [0.5, 0.6) is 5.75 Å². The van der Waals surface area contributed by atoms with Crippen molar-refractivity contribution in [2.75, 3.05) is 19.0 Å². The second-order valence-corrected chi connectivity index (χ2v) is 8.60. The molecule has 0 saturated carbocycles. The van der Waals surface area contributed by atoms with Crippen LogP contribution in [0.1, 0.15) is 13.3 Å². The molecule has 6 aromatic rings. The first-order valence-corrected chi connectivity index (χ1v) is 11.9. The Hall–Kier alpha value is -4.86. The van der Waals surface area contributed by atoms with Crippen LogP contribution in [0.2, 0.25) is 0 Å². The number of fused-ring (bicyclic) bond motifs is 2. The minimum Gasteiger partial charge on any atom is -0.497 e. The lowest BCUT2D eigenvalue weighted by atomic mass is 10.1. The average Bonchev–Trinajstić information content (AvgIpc) is 3.55. The van der Waals surface area contributed by atoms with Gasteiger partial charge in [-0.3, -0.25) is 15.1 Å². The molecule has 0 fully saturated rings. The van der Waals surface area contributed by atoms with Gasteiger partial charge in [-0.1, -0.05) is 6.92 Å². The molecule has 10 heteroatoms. The van der Waals surface area contributed by atoms with Gasteiger partial charge in [-0.05, 0) is 42.3 Å². The fourth-order valence-corrected chi connectivity index (χ4v) is 4.30. The van der Waals surface area contributed by atoms with Gasteiger partial charge in [-0.15, -0.1) is 0 Å². The SMILES string of the molecule is CCCNc1cncc(-c2cc3c(-c4nc5nccc(-c6cc(F)cc(OC)c6)c5[nH]4)n[nH]c3cn2)c1. The minimum atomic E-state index is -0.388. The van der Waals surface area contributed by atoms with Crippen molar-refractivity contribution in [3.05, 3.63) is 67.0 Å². The topological polar surface area (TPSA) is 117 Å². The van der Waals surface area contributed by atoms with Gasteiger partial charge in [0.1, 0.15) is 17.3 Å². The molecule has 0 spiro atoms.